The summed E-state index contributed by atoms with van der Waals surface area (Å²) < 4.78 is 39.4. The highest BCUT2D eigenvalue weighted by atomic mass is 19.4. The molecule has 5 rings (SSSR count). The quantitative estimate of drug-likeness (QED) is 0.176. The van der Waals surface area contributed by atoms with E-state index in [0.717, 1.165) is 17.7 Å². The fourth-order valence-corrected chi connectivity index (χ4v) is 4.91. The Morgan fingerprint density at radius 2 is 1.66 bits per heavy atom. The number of carbonyl (C=O) groups excluding carboxylic acids is 3. The molecular weight excluding hydrogens is 613 g/mol. The van der Waals surface area contributed by atoms with Crippen LogP contribution >= 0.6 is 0 Å². The average Bonchev–Trinajstić information content (AvgIpc) is 3.03. The monoisotopic (exact) mass is 646 g/mol. The van der Waals surface area contributed by atoms with Crippen molar-refractivity contribution >= 4 is 52.4 Å². The minimum Gasteiger partial charge on any atom is -0.325 e. The number of halogens is 3. The van der Waals surface area contributed by atoms with Crippen molar-refractivity contribution in [1.29, 1.82) is 0 Å². The van der Waals surface area contributed by atoms with Crippen LogP contribution in [0.5, 0.6) is 0 Å². The van der Waals surface area contributed by atoms with Crippen molar-refractivity contribution < 1.29 is 27.6 Å². The van der Waals surface area contributed by atoms with E-state index in [1.165, 1.54) is 21.9 Å². The lowest BCUT2D eigenvalue weighted by atomic mass is 10.0. The number of urea groups is 1. The van der Waals surface area contributed by atoms with E-state index in [4.69, 9.17) is 5.73 Å². The Kier molecular flexibility index (Phi) is 9.15. The number of nitrogens with two attached hydrogens (primary N) is 1. The van der Waals surface area contributed by atoms with Gasteiger partial charge in [-0.05, 0) is 66.9 Å². The Morgan fingerprint density at radius 3 is 2.38 bits per heavy atom. The second kappa shape index (κ2) is 13.1. The molecule has 5 N–H and O–H groups in total. The number of nitrogens with zero attached hydrogens (tertiary/aromatic N) is 4. The minimum atomic E-state index is -4.59. The number of aromatic nitrogens is 2. The first kappa shape index (κ1) is 32.9. The molecule has 244 valence electrons. The average molecular weight is 647 g/mol. The molecule has 0 spiro atoms. The van der Waals surface area contributed by atoms with Crippen LogP contribution < -0.4 is 31.5 Å². The predicted molar refractivity (Wildman–Crippen MR) is 174 cm³/mol. The highest BCUT2D eigenvalue weighted by molar-refractivity contribution is 6.07. The van der Waals surface area contributed by atoms with E-state index in [0.29, 0.717) is 34.1 Å². The topological polar surface area (TPSA) is 146 Å². The van der Waals surface area contributed by atoms with Crippen LogP contribution in [-0.2, 0) is 17.5 Å². The van der Waals surface area contributed by atoms with Gasteiger partial charge in [-0.15, -0.1) is 0 Å². The van der Waals surface area contributed by atoms with Crippen molar-refractivity contribution in [2.45, 2.75) is 39.5 Å². The predicted octanol–water partition coefficient (Wildman–Crippen LogP) is 6.30. The van der Waals surface area contributed by atoms with Gasteiger partial charge in [0.05, 0.1) is 23.8 Å². The molecule has 0 saturated carbocycles. The zero-order valence-electron chi connectivity index (χ0n) is 26.0. The summed E-state index contributed by atoms with van der Waals surface area (Å²) >= 11 is 0. The van der Waals surface area contributed by atoms with Crippen LogP contribution in [0.1, 0.15) is 40.9 Å². The lowest BCUT2D eigenvalue weighted by Crippen LogP contribution is -2.46. The second-order valence-electron chi connectivity index (χ2n) is 11.5. The van der Waals surface area contributed by atoms with E-state index < -0.39 is 29.7 Å². The number of anilines is 6. The van der Waals surface area contributed by atoms with Gasteiger partial charge in [-0.25, -0.2) is 9.78 Å². The smallest absolute Gasteiger partial charge is 0.325 e. The molecule has 1 unspecified atom stereocenters. The third-order valence-electron chi connectivity index (χ3n) is 7.62. The normalized spacial score (nSPS) is 13.7. The van der Waals surface area contributed by atoms with Crippen molar-refractivity contribution in [2.24, 2.45) is 11.7 Å². The summed E-state index contributed by atoms with van der Waals surface area (Å²) in [6.45, 7) is 5.65. The molecule has 4 amide bonds. The Bertz CT molecular complexity index is 1850. The number of alkyl halides is 3. The van der Waals surface area contributed by atoms with Crippen molar-refractivity contribution in [3.8, 4) is 0 Å². The third kappa shape index (κ3) is 7.33. The molecule has 11 nitrogen and oxygen atoms in total. The third-order valence-corrected chi connectivity index (χ3v) is 7.62. The molecule has 2 heterocycles. The number of amides is 4. The summed E-state index contributed by atoms with van der Waals surface area (Å²) in [7, 11) is 1.58. The van der Waals surface area contributed by atoms with Crippen LogP contribution in [0, 0.1) is 12.8 Å². The molecule has 1 aromatic heterocycles. The van der Waals surface area contributed by atoms with Crippen molar-refractivity contribution in [3.63, 3.8) is 0 Å². The number of fused-ring (bicyclic) bond motifs is 1. The highest BCUT2D eigenvalue weighted by Crippen LogP contribution is 2.34. The molecule has 1 aliphatic rings. The molecule has 0 bridgehead atoms. The van der Waals surface area contributed by atoms with Crippen LogP contribution in [0.4, 0.5) is 52.5 Å². The maximum absolute atomic E-state index is 13.6. The summed E-state index contributed by atoms with van der Waals surface area (Å²) in [5, 5.41) is 8.52. The van der Waals surface area contributed by atoms with Crippen LogP contribution in [0.2, 0.25) is 0 Å². The number of hydrogen-bond donors (Lipinski definition) is 4. The fourth-order valence-electron chi connectivity index (χ4n) is 4.91. The fraction of sp³-hybridized carbons (Fsp3) is 0.242. The van der Waals surface area contributed by atoms with E-state index in [1.54, 1.807) is 62.6 Å². The maximum atomic E-state index is 13.6. The molecule has 1 atom stereocenters. The Labute approximate surface area is 269 Å². The van der Waals surface area contributed by atoms with Crippen LogP contribution in [0.3, 0.4) is 0 Å². The molecule has 4 aromatic rings. The number of nitrogens with one attached hydrogen (secondary N) is 3. The zero-order valence-corrected chi connectivity index (χ0v) is 26.0. The second-order valence-corrected chi connectivity index (χ2v) is 11.5. The molecule has 0 radical (unpaired) electrons. The van der Waals surface area contributed by atoms with Crippen LogP contribution in [0.15, 0.2) is 72.9 Å². The first-order valence-electron chi connectivity index (χ1n) is 14.6. The molecular formula is C33H33F3N8O3. The lowest BCUT2D eigenvalue weighted by molar-refractivity contribution is -0.137. The molecule has 0 fully saturated rings. The molecule has 1 aliphatic heterocycles. The maximum Gasteiger partial charge on any atom is 0.416 e. The van der Waals surface area contributed by atoms with Gasteiger partial charge in [-0.3, -0.25) is 19.4 Å². The number of carbonyl (C=O) groups is 3. The van der Waals surface area contributed by atoms with Gasteiger partial charge in [0, 0.05) is 41.4 Å². The van der Waals surface area contributed by atoms with Gasteiger partial charge >= 0.3 is 12.2 Å². The SMILES string of the molecule is Cc1ccc(NC(=O)c2cccc(C(F)(F)F)c2)cc1N1Cc2cnc(Nc3cccc(NC(=O)C(N)C(C)C)c3)nc2N(C)C1=O. The van der Waals surface area contributed by atoms with Crippen molar-refractivity contribution in [1.82, 2.24) is 9.97 Å². The molecule has 47 heavy (non-hydrogen) atoms. The van der Waals surface area contributed by atoms with Gasteiger partial charge in [-0.2, -0.15) is 18.2 Å². The van der Waals surface area contributed by atoms with Gasteiger partial charge in [0.25, 0.3) is 5.91 Å². The van der Waals surface area contributed by atoms with E-state index >= 15 is 0 Å². The van der Waals surface area contributed by atoms with E-state index in [9.17, 15) is 27.6 Å². The van der Waals surface area contributed by atoms with Gasteiger partial charge in [0.1, 0.15) is 5.82 Å². The summed E-state index contributed by atoms with van der Waals surface area (Å²) in [6.07, 6.45) is -2.99. The van der Waals surface area contributed by atoms with Gasteiger partial charge in [0.15, 0.2) is 0 Å². The van der Waals surface area contributed by atoms with Gasteiger partial charge < -0.3 is 21.7 Å². The molecule has 0 saturated heterocycles. The first-order chi connectivity index (χ1) is 22.2. The number of aryl methyl sites for hydroxylation is 1. The number of hydrogen-bond acceptors (Lipinski definition) is 7. The summed E-state index contributed by atoms with van der Waals surface area (Å²) in [5.41, 5.74) is 8.18. The Balaban J connectivity index is 1.32. The highest BCUT2D eigenvalue weighted by Gasteiger charge is 2.33. The van der Waals surface area contributed by atoms with Gasteiger partial charge in [-0.1, -0.05) is 32.0 Å². The number of rotatable bonds is 8. The summed E-state index contributed by atoms with van der Waals surface area (Å²) in [4.78, 5) is 50.6. The van der Waals surface area contributed by atoms with Crippen molar-refractivity contribution in [2.75, 3.05) is 32.8 Å². The van der Waals surface area contributed by atoms with Gasteiger partial charge in [0.2, 0.25) is 11.9 Å². The summed E-state index contributed by atoms with van der Waals surface area (Å²) in [6, 6.07) is 15.0. The van der Waals surface area contributed by atoms with Crippen LogP contribution in [-0.4, -0.2) is 40.9 Å². The number of benzene rings is 3. The van der Waals surface area contributed by atoms with Crippen LogP contribution in [0.25, 0.3) is 0 Å². The van der Waals surface area contributed by atoms with E-state index in [1.807, 2.05) is 13.8 Å². The lowest BCUT2D eigenvalue weighted by Gasteiger charge is -2.35. The Morgan fingerprint density at radius 1 is 0.957 bits per heavy atom. The first-order valence-corrected chi connectivity index (χ1v) is 14.6. The Hall–Kier alpha value is -5.50. The van der Waals surface area contributed by atoms with E-state index in [2.05, 4.69) is 25.9 Å². The molecule has 14 heteroatoms. The zero-order chi connectivity index (χ0) is 34.0. The largest absolute Gasteiger partial charge is 0.416 e. The summed E-state index contributed by atoms with van der Waals surface area (Å²) in [5.74, 6) is -0.426. The van der Waals surface area contributed by atoms with E-state index in [-0.39, 0.29) is 29.9 Å². The molecule has 3 aromatic carbocycles. The van der Waals surface area contributed by atoms with Crippen molar-refractivity contribution in [3.05, 3.63) is 95.2 Å². The minimum absolute atomic E-state index is 0.0254. The molecule has 0 aliphatic carbocycles. The standard InChI is InChI=1S/C33H33F3N8O3/c1-18(2)27(37)30(46)40-23-9-6-10-24(14-23)41-31-38-16-21-17-44(32(47)43(4)28(21)42-31)26-15-25(12-11-19(26)3)39-29(45)20-7-5-8-22(13-20)33(34,35)36/h5-16,18,27H,17,37H2,1-4H3,(H,39,45)(H,40,46)(H,38,41,42).